The molecule has 4 aliphatic rings. The largest absolute Gasteiger partial charge is 0.356 e. The summed E-state index contributed by atoms with van der Waals surface area (Å²) in [6.45, 7) is 3.70. The molecule has 1 heterocycles. The Labute approximate surface area is 137 Å². The Bertz CT molecular complexity index is 610. The number of hydrogen-bond donors (Lipinski definition) is 2. The molecule has 0 aromatic carbocycles. The first kappa shape index (κ1) is 15.0. The van der Waals surface area contributed by atoms with Gasteiger partial charge in [-0.2, -0.15) is 0 Å². The van der Waals surface area contributed by atoms with Crippen molar-refractivity contribution in [2.75, 3.05) is 0 Å². The minimum absolute atomic E-state index is 0.0190. The van der Waals surface area contributed by atoms with Gasteiger partial charge in [-0.15, -0.1) is 0 Å². The molecular formula is C19H26N2O2. The van der Waals surface area contributed by atoms with E-state index in [1.165, 1.54) is 45.4 Å². The molecule has 1 aromatic heterocycles. The zero-order chi connectivity index (χ0) is 16.2. The first-order valence-electron chi connectivity index (χ1n) is 8.95. The molecule has 1 aromatic rings. The summed E-state index contributed by atoms with van der Waals surface area (Å²) < 4.78 is 0. The first-order chi connectivity index (χ1) is 10.9. The maximum Gasteiger partial charge on any atom is 0.267 e. The number of Topliss-reactive ketones (excluding diaryl/α,β-unsaturated/α-hetero) is 1. The van der Waals surface area contributed by atoms with Crippen molar-refractivity contribution in [1.82, 2.24) is 10.3 Å². The van der Waals surface area contributed by atoms with Crippen molar-refractivity contribution in [3.05, 3.63) is 23.5 Å². The van der Waals surface area contributed by atoms with Crippen LogP contribution in [0.5, 0.6) is 0 Å². The van der Waals surface area contributed by atoms with E-state index in [2.05, 4.69) is 17.2 Å². The molecule has 0 radical (unpaired) electrons. The van der Waals surface area contributed by atoms with Crippen molar-refractivity contribution in [3.8, 4) is 0 Å². The summed E-state index contributed by atoms with van der Waals surface area (Å²) in [5, 5.41) is 3.22. The van der Waals surface area contributed by atoms with Crippen LogP contribution < -0.4 is 5.32 Å². The van der Waals surface area contributed by atoms with E-state index in [1.54, 1.807) is 12.3 Å². The molecule has 2 N–H and O–H groups in total. The minimum Gasteiger partial charge on any atom is -0.356 e. The van der Waals surface area contributed by atoms with E-state index in [0.717, 1.165) is 17.8 Å². The van der Waals surface area contributed by atoms with Gasteiger partial charge < -0.3 is 10.3 Å². The maximum atomic E-state index is 12.5. The predicted octanol–water partition coefficient (Wildman–Crippen LogP) is 3.55. The van der Waals surface area contributed by atoms with Crippen LogP contribution in [0.15, 0.2) is 12.3 Å². The molecule has 4 heteroatoms. The fraction of sp³-hybridized carbons (Fsp3) is 0.684. The lowest BCUT2D eigenvalue weighted by Gasteiger charge is -2.59. The normalized spacial score (nSPS) is 36.0. The summed E-state index contributed by atoms with van der Waals surface area (Å²) in [4.78, 5) is 26.8. The molecule has 5 rings (SSSR count). The fourth-order valence-electron chi connectivity index (χ4n) is 5.86. The van der Waals surface area contributed by atoms with Crippen LogP contribution in [-0.2, 0) is 0 Å². The highest BCUT2D eigenvalue weighted by atomic mass is 16.2. The van der Waals surface area contributed by atoms with Gasteiger partial charge in [-0.1, -0.05) is 0 Å². The third kappa shape index (κ3) is 2.52. The second-order valence-corrected chi connectivity index (χ2v) is 8.33. The zero-order valence-electron chi connectivity index (χ0n) is 14.0. The van der Waals surface area contributed by atoms with Gasteiger partial charge in [0.05, 0.1) is 0 Å². The molecule has 4 fully saturated rings. The number of aromatic nitrogens is 1. The van der Waals surface area contributed by atoms with Crippen LogP contribution in [0.2, 0.25) is 0 Å². The summed E-state index contributed by atoms with van der Waals surface area (Å²) in [6, 6.07) is 1.86. The van der Waals surface area contributed by atoms with Crippen LogP contribution >= 0.6 is 0 Å². The highest BCUT2D eigenvalue weighted by Gasteiger charge is 2.53. The number of carbonyl (C=O) groups excluding carboxylic acids is 2. The highest BCUT2D eigenvalue weighted by molar-refractivity contribution is 5.99. The average Bonchev–Trinajstić information content (AvgIpc) is 2.95. The smallest absolute Gasteiger partial charge is 0.267 e. The van der Waals surface area contributed by atoms with Gasteiger partial charge >= 0.3 is 0 Å². The van der Waals surface area contributed by atoms with Gasteiger partial charge in [0, 0.05) is 17.8 Å². The van der Waals surface area contributed by atoms with Crippen molar-refractivity contribution in [2.24, 2.45) is 23.2 Å². The quantitative estimate of drug-likeness (QED) is 0.835. The molecular weight excluding hydrogens is 288 g/mol. The Morgan fingerprint density at radius 1 is 1.17 bits per heavy atom. The van der Waals surface area contributed by atoms with E-state index in [1.807, 2.05) is 0 Å². The lowest BCUT2D eigenvalue weighted by molar-refractivity contribution is -0.0688. The van der Waals surface area contributed by atoms with Gasteiger partial charge in [0.25, 0.3) is 5.91 Å². The number of amides is 1. The molecule has 0 aliphatic heterocycles. The number of hydrogen-bond acceptors (Lipinski definition) is 2. The van der Waals surface area contributed by atoms with Crippen LogP contribution in [0.25, 0.3) is 0 Å². The Morgan fingerprint density at radius 2 is 1.74 bits per heavy atom. The first-order valence-corrected chi connectivity index (χ1v) is 8.95. The van der Waals surface area contributed by atoms with Gasteiger partial charge in [-0.3, -0.25) is 9.59 Å². The Hall–Kier alpha value is -1.58. The van der Waals surface area contributed by atoms with Gasteiger partial charge in [0.1, 0.15) is 5.69 Å². The van der Waals surface area contributed by atoms with E-state index in [0.29, 0.717) is 16.7 Å². The molecule has 4 nitrogen and oxygen atoms in total. The lowest BCUT2D eigenvalue weighted by atomic mass is 9.48. The van der Waals surface area contributed by atoms with Crippen molar-refractivity contribution >= 4 is 11.7 Å². The van der Waals surface area contributed by atoms with E-state index in [-0.39, 0.29) is 17.7 Å². The number of carbonyl (C=O) groups is 2. The maximum absolute atomic E-state index is 12.5. The third-order valence-corrected chi connectivity index (χ3v) is 6.69. The molecule has 0 saturated heterocycles. The summed E-state index contributed by atoms with van der Waals surface area (Å²) in [6.07, 6.45) is 9.71. The summed E-state index contributed by atoms with van der Waals surface area (Å²) in [5.74, 6) is 2.55. The molecule has 4 saturated carbocycles. The fourth-order valence-corrected chi connectivity index (χ4v) is 5.86. The summed E-state index contributed by atoms with van der Waals surface area (Å²) >= 11 is 0. The zero-order valence-corrected chi connectivity index (χ0v) is 14.0. The highest BCUT2D eigenvalue weighted by Crippen LogP contribution is 2.61. The number of aromatic amines is 1. The van der Waals surface area contributed by atoms with Crippen LogP contribution in [0.4, 0.5) is 0 Å². The van der Waals surface area contributed by atoms with Crippen LogP contribution in [0.1, 0.15) is 73.2 Å². The molecule has 4 aliphatic carbocycles. The number of nitrogens with one attached hydrogen (secondary N) is 2. The van der Waals surface area contributed by atoms with Gasteiger partial charge in [-0.25, -0.2) is 0 Å². The topological polar surface area (TPSA) is 62.0 Å². The second kappa shape index (κ2) is 5.22. The van der Waals surface area contributed by atoms with Crippen LogP contribution in [0, 0.1) is 23.2 Å². The van der Waals surface area contributed by atoms with Crippen molar-refractivity contribution in [1.29, 1.82) is 0 Å². The molecule has 1 atom stereocenters. The van der Waals surface area contributed by atoms with Crippen molar-refractivity contribution in [2.45, 2.75) is 58.4 Å². The van der Waals surface area contributed by atoms with Crippen LogP contribution in [-0.4, -0.2) is 22.7 Å². The van der Waals surface area contributed by atoms with Crippen LogP contribution in [0.3, 0.4) is 0 Å². The molecule has 4 bridgehead atoms. The third-order valence-electron chi connectivity index (χ3n) is 6.69. The number of H-pyrrole nitrogens is 1. The monoisotopic (exact) mass is 314 g/mol. The Balaban J connectivity index is 1.48. The summed E-state index contributed by atoms with van der Waals surface area (Å²) in [7, 11) is 0. The molecule has 23 heavy (non-hydrogen) atoms. The van der Waals surface area contributed by atoms with Gasteiger partial charge in [0.2, 0.25) is 0 Å². The Morgan fingerprint density at radius 3 is 2.22 bits per heavy atom. The number of rotatable bonds is 4. The van der Waals surface area contributed by atoms with E-state index in [4.69, 9.17) is 0 Å². The molecule has 0 unspecified atom stereocenters. The summed E-state index contributed by atoms with van der Waals surface area (Å²) in [5.41, 5.74) is 1.37. The average molecular weight is 314 g/mol. The van der Waals surface area contributed by atoms with E-state index < -0.39 is 0 Å². The van der Waals surface area contributed by atoms with Gasteiger partial charge in [0.15, 0.2) is 5.78 Å². The SMILES string of the molecule is CC(=O)c1c[nH]c(C(=O)N[C@H](C)C23CC4CC(CC(C4)C2)C3)c1. The minimum atomic E-state index is -0.0826. The predicted molar refractivity (Wildman–Crippen MR) is 88.3 cm³/mol. The standard InChI is InChI=1S/C19H26N2O2/c1-11(22)16-6-17(20-10-16)18(23)21-12(2)19-7-13-3-14(8-19)5-15(4-13)9-19/h6,10,12-15,20H,3-5,7-9H2,1-2H3,(H,21,23)/t12-,13?,14?,15?,19?/m1/s1. The van der Waals surface area contributed by atoms with Crippen molar-refractivity contribution in [3.63, 3.8) is 0 Å². The lowest BCUT2D eigenvalue weighted by Crippen LogP contribution is -2.55. The van der Waals surface area contributed by atoms with Crippen molar-refractivity contribution < 1.29 is 9.59 Å². The molecule has 124 valence electrons. The number of ketones is 1. The Kier molecular flexibility index (Phi) is 3.40. The molecule has 0 spiro atoms. The van der Waals surface area contributed by atoms with E-state index >= 15 is 0 Å². The second-order valence-electron chi connectivity index (χ2n) is 8.33. The van der Waals surface area contributed by atoms with Gasteiger partial charge in [-0.05, 0) is 81.6 Å². The molecule has 1 amide bonds. The van der Waals surface area contributed by atoms with E-state index in [9.17, 15) is 9.59 Å².